The largest absolute Gasteiger partial charge is 0.396 e. The molecule has 0 amide bonds. The molecule has 3 N–H and O–H groups in total. The molecule has 0 aliphatic carbocycles. The highest BCUT2D eigenvalue weighted by atomic mass is 16.3. The Kier molecular flexibility index (Phi) is 8.70. The number of nitrogens with zero attached hydrogens (tertiary/aromatic N) is 1. The number of benzene rings is 1. The van der Waals surface area contributed by atoms with Crippen molar-refractivity contribution in [1.82, 2.24) is 10.6 Å². The molecule has 0 aliphatic heterocycles. The van der Waals surface area contributed by atoms with Crippen LogP contribution in [0.5, 0.6) is 0 Å². The summed E-state index contributed by atoms with van der Waals surface area (Å²) in [6, 6.07) is 8.48. The van der Waals surface area contributed by atoms with Gasteiger partial charge in [0.05, 0.1) is 6.54 Å². The second-order valence-corrected chi connectivity index (χ2v) is 6.22. The zero-order valence-electron chi connectivity index (χ0n) is 15.2. The predicted octanol–water partition coefficient (Wildman–Crippen LogP) is 3.24. The third kappa shape index (κ3) is 6.61. The van der Waals surface area contributed by atoms with Crippen LogP contribution in [0, 0.1) is 12.3 Å². The molecule has 0 spiro atoms. The van der Waals surface area contributed by atoms with Crippen LogP contribution in [0.25, 0.3) is 0 Å². The van der Waals surface area contributed by atoms with Crippen LogP contribution in [-0.4, -0.2) is 30.8 Å². The molecule has 0 fully saturated rings. The van der Waals surface area contributed by atoms with Gasteiger partial charge in [0.1, 0.15) is 0 Å². The minimum absolute atomic E-state index is 0.134. The third-order valence-electron chi connectivity index (χ3n) is 4.66. The van der Waals surface area contributed by atoms with E-state index >= 15 is 0 Å². The molecule has 1 aromatic rings. The van der Waals surface area contributed by atoms with E-state index in [0.29, 0.717) is 6.54 Å². The molecule has 4 nitrogen and oxygen atoms in total. The SMILES string of the molecule is CCNC(=NCc1ccc(C)cc1)NCC(CC)(CC)CCO. The van der Waals surface area contributed by atoms with E-state index in [-0.39, 0.29) is 12.0 Å². The summed E-state index contributed by atoms with van der Waals surface area (Å²) in [6.07, 6.45) is 2.92. The second kappa shape index (κ2) is 10.3. The third-order valence-corrected chi connectivity index (χ3v) is 4.66. The lowest BCUT2D eigenvalue weighted by Crippen LogP contribution is -2.43. The number of aliphatic hydroxyl groups excluding tert-OH is 1. The van der Waals surface area contributed by atoms with E-state index in [0.717, 1.165) is 38.3 Å². The van der Waals surface area contributed by atoms with E-state index in [2.05, 4.69) is 67.6 Å². The number of aliphatic imine (C=N–C) groups is 1. The second-order valence-electron chi connectivity index (χ2n) is 6.22. The number of hydrogen-bond donors (Lipinski definition) is 3. The number of guanidine groups is 1. The minimum Gasteiger partial charge on any atom is -0.396 e. The lowest BCUT2D eigenvalue weighted by molar-refractivity contribution is 0.169. The first-order valence-electron chi connectivity index (χ1n) is 8.77. The molecule has 0 saturated carbocycles. The Morgan fingerprint density at radius 3 is 2.26 bits per heavy atom. The zero-order chi connectivity index (χ0) is 17.1. The van der Waals surface area contributed by atoms with Crippen molar-refractivity contribution in [1.29, 1.82) is 0 Å². The Labute approximate surface area is 141 Å². The van der Waals surface area contributed by atoms with Gasteiger partial charge in [0.15, 0.2) is 5.96 Å². The normalized spacial score (nSPS) is 12.3. The fourth-order valence-corrected chi connectivity index (χ4v) is 2.66. The maximum Gasteiger partial charge on any atom is 0.191 e. The number of aliphatic hydroxyl groups is 1. The average Bonchev–Trinajstić information content (AvgIpc) is 2.57. The van der Waals surface area contributed by atoms with Gasteiger partial charge in [0, 0.05) is 19.7 Å². The maximum absolute atomic E-state index is 9.33. The molecule has 0 radical (unpaired) electrons. The van der Waals surface area contributed by atoms with Crippen LogP contribution in [0.3, 0.4) is 0 Å². The standard InChI is InChI=1S/C19H33N3O/c1-5-19(6-2,12-13-23)15-22-18(20-7-3)21-14-17-10-8-16(4)9-11-17/h8-11,23H,5-7,12-15H2,1-4H3,(H2,20,21,22). The van der Waals surface area contributed by atoms with Crippen molar-refractivity contribution >= 4 is 5.96 Å². The lowest BCUT2D eigenvalue weighted by Gasteiger charge is -2.32. The zero-order valence-corrected chi connectivity index (χ0v) is 15.2. The molecule has 130 valence electrons. The molecule has 0 aromatic heterocycles. The molecule has 0 bridgehead atoms. The molecular formula is C19H33N3O. The first-order valence-corrected chi connectivity index (χ1v) is 8.77. The summed E-state index contributed by atoms with van der Waals surface area (Å²) in [5.41, 5.74) is 2.61. The highest BCUT2D eigenvalue weighted by Crippen LogP contribution is 2.29. The summed E-state index contributed by atoms with van der Waals surface area (Å²) >= 11 is 0. The van der Waals surface area contributed by atoms with Crippen LogP contribution < -0.4 is 10.6 Å². The van der Waals surface area contributed by atoms with Gasteiger partial charge in [-0.3, -0.25) is 0 Å². The number of hydrogen-bond acceptors (Lipinski definition) is 2. The molecule has 0 heterocycles. The first-order chi connectivity index (χ1) is 11.1. The molecule has 0 saturated heterocycles. The molecule has 0 aliphatic rings. The van der Waals surface area contributed by atoms with Crippen molar-refractivity contribution < 1.29 is 5.11 Å². The van der Waals surface area contributed by atoms with Crippen LogP contribution in [0.1, 0.15) is 51.2 Å². The molecule has 23 heavy (non-hydrogen) atoms. The van der Waals surface area contributed by atoms with Gasteiger partial charge in [-0.1, -0.05) is 43.7 Å². The highest BCUT2D eigenvalue weighted by molar-refractivity contribution is 5.79. The van der Waals surface area contributed by atoms with Gasteiger partial charge >= 0.3 is 0 Å². The van der Waals surface area contributed by atoms with Crippen LogP contribution in [0.4, 0.5) is 0 Å². The van der Waals surface area contributed by atoms with E-state index < -0.39 is 0 Å². The minimum atomic E-state index is 0.134. The summed E-state index contributed by atoms with van der Waals surface area (Å²) in [6.45, 7) is 11.1. The van der Waals surface area contributed by atoms with E-state index in [1.165, 1.54) is 11.1 Å². The van der Waals surface area contributed by atoms with Crippen molar-refractivity contribution in [2.24, 2.45) is 10.4 Å². The van der Waals surface area contributed by atoms with Gasteiger partial charge < -0.3 is 15.7 Å². The van der Waals surface area contributed by atoms with E-state index in [4.69, 9.17) is 0 Å². The monoisotopic (exact) mass is 319 g/mol. The van der Waals surface area contributed by atoms with Crippen LogP contribution >= 0.6 is 0 Å². The molecule has 0 atom stereocenters. The van der Waals surface area contributed by atoms with Gasteiger partial charge in [0.2, 0.25) is 0 Å². The van der Waals surface area contributed by atoms with Crippen molar-refractivity contribution in [3.63, 3.8) is 0 Å². The summed E-state index contributed by atoms with van der Waals surface area (Å²) < 4.78 is 0. The Morgan fingerprint density at radius 1 is 1.09 bits per heavy atom. The fourth-order valence-electron chi connectivity index (χ4n) is 2.66. The van der Waals surface area contributed by atoms with Crippen LogP contribution in [0.15, 0.2) is 29.3 Å². The Bertz CT molecular complexity index is 464. The number of nitrogens with one attached hydrogen (secondary N) is 2. The van der Waals surface area contributed by atoms with Crippen molar-refractivity contribution in [2.45, 2.75) is 53.5 Å². The molecule has 0 unspecified atom stereocenters. The Hall–Kier alpha value is -1.55. The van der Waals surface area contributed by atoms with Crippen LogP contribution in [-0.2, 0) is 6.54 Å². The quantitative estimate of drug-likeness (QED) is 0.484. The molecule has 1 rings (SSSR count). The lowest BCUT2D eigenvalue weighted by atomic mass is 9.79. The topological polar surface area (TPSA) is 56.7 Å². The average molecular weight is 319 g/mol. The molecular weight excluding hydrogens is 286 g/mol. The van der Waals surface area contributed by atoms with Gasteiger partial charge in [-0.05, 0) is 44.1 Å². The van der Waals surface area contributed by atoms with E-state index in [9.17, 15) is 5.11 Å². The van der Waals surface area contributed by atoms with Crippen molar-refractivity contribution in [2.75, 3.05) is 19.7 Å². The van der Waals surface area contributed by atoms with Crippen molar-refractivity contribution in [3.05, 3.63) is 35.4 Å². The van der Waals surface area contributed by atoms with Gasteiger partial charge in [-0.2, -0.15) is 0 Å². The Morgan fingerprint density at radius 2 is 1.74 bits per heavy atom. The van der Waals surface area contributed by atoms with Gasteiger partial charge in [-0.25, -0.2) is 4.99 Å². The number of aryl methyl sites for hydroxylation is 1. The highest BCUT2D eigenvalue weighted by Gasteiger charge is 2.25. The summed E-state index contributed by atoms with van der Waals surface area (Å²) in [5, 5.41) is 16.1. The maximum atomic E-state index is 9.33. The first kappa shape index (κ1) is 19.5. The predicted molar refractivity (Wildman–Crippen MR) is 98.7 cm³/mol. The van der Waals surface area contributed by atoms with E-state index in [1.54, 1.807) is 0 Å². The smallest absolute Gasteiger partial charge is 0.191 e. The van der Waals surface area contributed by atoms with Crippen molar-refractivity contribution in [3.8, 4) is 0 Å². The summed E-state index contributed by atoms with van der Waals surface area (Å²) in [4.78, 5) is 4.68. The summed E-state index contributed by atoms with van der Waals surface area (Å²) in [7, 11) is 0. The van der Waals surface area contributed by atoms with E-state index in [1.807, 2.05) is 0 Å². The number of rotatable bonds is 9. The van der Waals surface area contributed by atoms with Crippen LogP contribution in [0.2, 0.25) is 0 Å². The molecule has 1 aromatic carbocycles. The molecule has 4 heteroatoms. The summed E-state index contributed by atoms with van der Waals surface area (Å²) in [5.74, 6) is 0.845. The van der Waals surface area contributed by atoms with Gasteiger partial charge in [0.25, 0.3) is 0 Å². The Balaban J connectivity index is 2.69. The fraction of sp³-hybridized carbons (Fsp3) is 0.632. The van der Waals surface area contributed by atoms with Gasteiger partial charge in [-0.15, -0.1) is 0 Å².